The van der Waals surface area contributed by atoms with Gasteiger partial charge in [0.1, 0.15) is 0 Å². The van der Waals surface area contributed by atoms with E-state index < -0.39 is 0 Å². The molecule has 3 aromatic rings. The molecule has 0 unspecified atom stereocenters. The number of fused-ring (bicyclic) bond motifs is 1. The van der Waals surface area contributed by atoms with Crippen LogP contribution in [0.5, 0.6) is 0 Å². The zero-order valence-electron chi connectivity index (χ0n) is 20.0. The largest absolute Gasteiger partial charge is 0.450 e. The molecule has 2 amide bonds. The minimum atomic E-state index is -0.341. The van der Waals surface area contributed by atoms with Crippen LogP contribution >= 0.6 is 0 Å². The Morgan fingerprint density at radius 2 is 1.59 bits per heavy atom. The predicted octanol–water partition coefficient (Wildman–Crippen LogP) is 5.49. The molecule has 178 valence electrons. The van der Waals surface area contributed by atoms with Crippen LogP contribution in [0.2, 0.25) is 0 Å². The molecule has 0 spiro atoms. The van der Waals surface area contributed by atoms with E-state index in [4.69, 9.17) is 9.72 Å². The number of nitrogens with zero attached hydrogens (tertiary/aromatic N) is 1. The molecular weight excluding hydrogens is 426 g/mol. The van der Waals surface area contributed by atoms with Crippen LogP contribution in [0.4, 0.5) is 4.79 Å². The van der Waals surface area contributed by atoms with E-state index >= 15 is 0 Å². The summed E-state index contributed by atoms with van der Waals surface area (Å²) in [4.78, 5) is 29.5. The Kier molecular flexibility index (Phi) is 7.78. The molecule has 6 heteroatoms. The number of benzene rings is 2. The number of alkyl carbamates (subject to hydrolysis) is 1. The van der Waals surface area contributed by atoms with Gasteiger partial charge in [-0.3, -0.25) is 4.79 Å². The maximum Gasteiger partial charge on any atom is 0.407 e. The number of para-hydroxylation sites is 1. The lowest BCUT2D eigenvalue weighted by atomic mass is 9.82. The summed E-state index contributed by atoms with van der Waals surface area (Å²) in [6, 6.07) is 17.9. The summed E-state index contributed by atoms with van der Waals surface area (Å²) in [5, 5.41) is 6.88. The average molecular weight is 460 g/mol. The number of ether oxygens (including phenoxy) is 1. The van der Waals surface area contributed by atoms with Crippen LogP contribution in [0.3, 0.4) is 0 Å². The van der Waals surface area contributed by atoms with Crippen LogP contribution in [0.25, 0.3) is 22.2 Å². The smallest absolute Gasteiger partial charge is 0.407 e. The Hall–Kier alpha value is -3.41. The van der Waals surface area contributed by atoms with Crippen LogP contribution in [-0.4, -0.2) is 36.7 Å². The zero-order chi connectivity index (χ0) is 23.9. The quantitative estimate of drug-likeness (QED) is 0.489. The molecule has 0 saturated heterocycles. The summed E-state index contributed by atoms with van der Waals surface area (Å²) in [7, 11) is 0. The lowest BCUT2D eigenvalue weighted by molar-refractivity contribution is 0.0942. The van der Waals surface area contributed by atoms with Crippen molar-refractivity contribution in [3.8, 4) is 11.3 Å². The molecule has 0 bridgehead atoms. The normalized spacial score (nSPS) is 17.8. The van der Waals surface area contributed by atoms with Crippen LogP contribution in [0, 0.1) is 18.8 Å². The summed E-state index contributed by atoms with van der Waals surface area (Å²) in [6.45, 7) is 5.56. The van der Waals surface area contributed by atoms with E-state index in [2.05, 4.69) is 29.7 Å². The van der Waals surface area contributed by atoms with Crippen molar-refractivity contribution in [1.29, 1.82) is 0 Å². The van der Waals surface area contributed by atoms with Gasteiger partial charge >= 0.3 is 6.09 Å². The number of hydrogen-bond acceptors (Lipinski definition) is 4. The highest BCUT2D eigenvalue weighted by Crippen LogP contribution is 2.29. The molecule has 34 heavy (non-hydrogen) atoms. The maximum absolute atomic E-state index is 13.2. The minimum Gasteiger partial charge on any atom is -0.450 e. The minimum absolute atomic E-state index is 0.0573. The van der Waals surface area contributed by atoms with Crippen molar-refractivity contribution in [3.05, 3.63) is 65.7 Å². The topological polar surface area (TPSA) is 80.3 Å². The molecule has 1 saturated carbocycles. The maximum atomic E-state index is 13.2. The van der Waals surface area contributed by atoms with Crippen molar-refractivity contribution in [2.24, 2.45) is 11.8 Å². The van der Waals surface area contributed by atoms with E-state index in [1.165, 1.54) is 5.56 Å². The van der Waals surface area contributed by atoms with Gasteiger partial charge in [0, 0.05) is 24.0 Å². The van der Waals surface area contributed by atoms with E-state index in [9.17, 15) is 9.59 Å². The SMILES string of the molecule is CCOC(=O)NCC1CCC(CNC(=O)c2cc(-c3ccc(C)cc3)nc3ccccc23)CC1. The van der Waals surface area contributed by atoms with Crippen LogP contribution < -0.4 is 10.6 Å². The van der Waals surface area contributed by atoms with Crippen LogP contribution in [0.1, 0.15) is 48.5 Å². The number of rotatable bonds is 7. The molecule has 1 aliphatic rings. The number of amides is 2. The Morgan fingerprint density at radius 1 is 0.941 bits per heavy atom. The van der Waals surface area contributed by atoms with Crippen molar-refractivity contribution >= 4 is 22.9 Å². The lowest BCUT2D eigenvalue weighted by Crippen LogP contribution is -2.34. The molecule has 4 rings (SSSR count). The molecule has 2 N–H and O–H groups in total. The first-order chi connectivity index (χ1) is 16.5. The summed E-state index contributed by atoms with van der Waals surface area (Å²) in [6.07, 6.45) is 3.83. The average Bonchev–Trinajstić information content (AvgIpc) is 2.86. The highest BCUT2D eigenvalue weighted by Gasteiger charge is 2.23. The van der Waals surface area contributed by atoms with Gasteiger partial charge in [-0.25, -0.2) is 9.78 Å². The number of nitrogens with one attached hydrogen (secondary N) is 2. The highest BCUT2D eigenvalue weighted by molar-refractivity contribution is 6.07. The summed E-state index contributed by atoms with van der Waals surface area (Å²) in [5.74, 6) is 0.864. The summed E-state index contributed by atoms with van der Waals surface area (Å²) in [5.41, 5.74) is 4.47. The molecular formula is C28H33N3O3. The molecule has 1 fully saturated rings. The van der Waals surface area contributed by atoms with E-state index in [0.717, 1.165) is 47.8 Å². The molecule has 0 radical (unpaired) electrons. The predicted molar refractivity (Wildman–Crippen MR) is 135 cm³/mol. The molecule has 1 heterocycles. The monoisotopic (exact) mass is 459 g/mol. The van der Waals surface area contributed by atoms with Crippen LogP contribution in [-0.2, 0) is 4.74 Å². The number of hydrogen-bond donors (Lipinski definition) is 2. The Labute approximate surface area is 201 Å². The fraction of sp³-hybridized carbons (Fsp3) is 0.393. The van der Waals surface area contributed by atoms with Crippen LogP contribution in [0.15, 0.2) is 54.6 Å². The molecule has 6 nitrogen and oxygen atoms in total. The lowest BCUT2D eigenvalue weighted by Gasteiger charge is -2.28. The van der Waals surface area contributed by atoms with Gasteiger partial charge in [0.2, 0.25) is 0 Å². The highest BCUT2D eigenvalue weighted by atomic mass is 16.5. The van der Waals surface area contributed by atoms with Crippen molar-refractivity contribution in [2.75, 3.05) is 19.7 Å². The van der Waals surface area contributed by atoms with Gasteiger partial charge in [0.05, 0.1) is 23.4 Å². The second kappa shape index (κ2) is 11.1. The second-order valence-corrected chi connectivity index (χ2v) is 9.14. The summed E-state index contributed by atoms with van der Waals surface area (Å²) < 4.78 is 4.93. The van der Waals surface area contributed by atoms with Gasteiger partial charge < -0.3 is 15.4 Å². The molecule has 1 aliphatic carbocycles. The van der Waals surface area contributed by atoms with Crippen molar-refractivity contribution in [2.45, 2.75) is 39.5 Å². The van der Waals surface area contributed by atoms with E-state index in [-0.39, 0.29) is 12.0 Å². The van der Waals surface area contributed by atoms with Gasteiger partial charge in [-0.05, 0) is 63.5 Å². The number of aromatic nitrogens is 1. The first kappa shape index (κ1) is 23.7. The van der Waals surface area contributed by atoms with Gasteiger partial charge in [-0.15, -0.1) is 0 Å². The Balaban J connectivity index is 1.39. The summed E-state index contributed by atoms with van der Waals surface area (Å²) >= 11 is 0. The zero-order valence-corrected chi connectivity index (χ0v) is 20.0. The molecule has 2 aromatic carbocycles. The Morgan fingerprint density at radius 3 is 2.26 bits per heavy atom. The third-order valence-electron chi connectivity index (χ3n) is 6.64. The number of aryl methyl sites for hydroxylation is 1. The van der Waals surface area contributed by atoms with Gasteiger partial charge in [-0.2, -0.15) is 0 Å². The third-order valence-corrected chi connectivity index (χ3v) is 6.64. The van der Waals surface area contributed by atoms with E-state index in [1.807, 2.05) is 42.5 Å². The molecule has 0 atom stereocenters. The number of carbonyl (C=O) groups is 2. The van der Waals surface area contributed by atoms with E-state index in [1.54, 1.807) is 6.92 Å². The first-order valence-electron chi connectivity index (χ1n) is 12.2. The fourth-order valence-electron chi connectivity index (χ4n) is 4.62. The van der Waals surface area contributed by atoms with Crippen molar-refractivity contribution in [1.82, 2.24) is 15.6 Å². The Bertz CT molecular complexity index is 1140. The fourth-order valence-corrected chi connectivity index (χ4v) is 4.62. The molecule has 0 aliphatic heterocycles. The van der Waals surface area contributed by atoms with Gasteiger partial charge in [-0.1, -0.05) is 48.0 Å². The standard InChI is InChI=1S/C28H33N3O3/c1-3-34-28(33)30-18-21-12-10-20(11-13-21)17-29-27(32)24-16-26(22-14-8-19(2)9-15-22)31-25-7-5-4-6-23(24)25/h4-9,14-16,20-21H,3,10-13,17-18H2,1-2H3,(H,29,32)(H,30,33). The van der Waals surface area contributed by atoms with Crippen molar-refractivity contribution < 1.29 is 14.3 Å². The third kappa shape index (κ3) is 5.93. The van der Waals surface area contributed by atoms with E-state index in [0.29, 0.717) is 37.1 Å². The number of pyridine rings is 1. The van der Waals surface area contributed by atoms with Crippen molar-refractivity contribution in [3.63, 3.8) is 0 Å². The number of carbonyl (C=O) groups excluding carboxylic acids is 2. The van der Waals surface area contributed by atoms with Gasteiger partial charge in [0.15, 0.2) is 0 Å². The molecule has 1 aromatic heterocycles. The van der Waals surface area contributed by atoms with Gasteiger partial charge in [0.25, 0.3) is 5.91 Å². The second-order valence-electron chi connectivity index (χ2n) is 9.14. The first-order valence-corrected chi connectivity index (χ1v) is 12.2.